The highest BCUT2D eigenvalue weighted by atomic mass is 35.5. The summed E-state index contributed by atoms with van der Waals surface area (Å²) in [6.45, 7) is 2.27. The van der Waals surface area contributed by atoms with Gasteiger partial charge in [-0.1, -0.05) is 35.9 Å². The molecule has 4 nitrogen and oxygen atoms in total. The van der Waals surface area contributed by atoms with Crippen LogP contribution in [0.25, 0.3) is 23.1 Å². The number of phenolic OH excluding ortho intramolecular Hbond substituents is 2. The average Bonchev–Trinajstić information content (AvgIpc) is 2.58. The van der Waals surface area contributed by atoms with Gasteiger partial charge in [0.1, 0.15) is 11.3 Å². The maximum absolute atomic E-state index is 9.89. The van der Waals surface area contributed by atoms with E-state index in [1.54, 1.807) is 24.3 Å². The Morgan fingerprint density at radius 2 is 1.96 bits per heavy atom. The quantitative estimate of drug-likeness (QED) is 0.710. The lowest BCUT2D eigenvalue weighted by molar-refractivity contribution is 0.318. The third-order valence-corrected chi connectivity index (χ3v) is 3.81. The molecule has 0 saturated heterocycles. The molecule has 0 bridgehead atoms. The monoisotopic (exact) mass is 341 g/mol. The fourth-order valence-electron chi connectivity index (χ4n) is 2.38. The minimum atomic E-state index is -0.0654. The van der Waals surface area contributed by atoms with E-state index in [-0.39, 0.29) is 16.5 Å². The molecule has 3 aromatic rings. The van der Waals surface area contributed by atoms with Gasteiger partial charge in [0.05, 0.1) is 17.3 Å². The average molecular weight is 342 g/mol. The van der Waals surface area contributed by atoms with Crippen molar-refractivity contribution in [2.45, 2.75) is 6.92 Å². The van der Waals surface area contributed by atoms with Crippen molar-refractivity contribution in [2.75, 3.05) is 6.61 Å². The summed E-state index contributed by atoms with van der Waals surface area (Å²) in [6, 6.07) is 12.4. The number of phenols is 2. The zero-order valence-corrected chi connectivity index (χ0v) is 13.8. The second-order valence-corrected chi connectivity index (χ2v) is 5.61. The zero-order valence-electron chi connectivity index (χ0n) is 13.0. The van der Waals surface area contributed by atoms with Gasteiger partial charge in [-0.3, -0.25) is 0 Å². The summed E-state index contributed by atoms with van der Waals surface area (Å²) in [6.07, 6.45) is 3.63. The van der Waals surface area contributed by atoms with Gasteiger partial charge in [0.15, 0.2) is 11.5 Å². The molecule has 0 unspecified atom stereocenters. The van der Waals surface area contributed by atoms with Crippen LogP contribution >= 0.6 is 11.6 Å². The number of rotatable bonds is 4. The molecular weight excluding hydrogens is 326 g/mol. The molecule has 3 rings (SSSR count). The van der Waals surface area contributed by atoms with E-state index in [4.69, 9.17) is 16.3 Å². The van der Waals surface area contributed by atoms with Gasteiger partial charge in [0, 0.05) is 5.39 Å². The van der Waals surface area contributed by atoms with Gasteiger partial charge in [-0.25, -0.2) is 4.98 Å². The first-order chi connectivity index (χ1) is 11.6. The van der Waals surface area contributed by atoms with Crippen molar-refractivity contribution in [3.05, 3.63) is 58.7 Å². The fraction of sp³-hybridized carbons (Fsp3) is 0.105. The smallest absolute Gasteiger partial charge is 0.176 e. The normalized spacial score (nSPS) is 11.2. The van der Waals surface area contributed by atoms with Gasteiger partial charge in [-0.2, -0.15) is 0 Å². The minimum Gasteiger partial charge on any atom is -0.506 e. The molecule has 1 aromatic heterocycles. The Bertz CT molecular complexity index is 922. The molecule has 122 valence electrons. The standard InChI is InChI=1S/C19H16ClNO3/c1-2-24-17-11-12(10-15(20)19(17)23)6-8-14-9-7-13-4-3-5-16(22)18(13)21-14/h3-11,22-23H,2H2,1H3/b8-6+. The first-order valence-electron chi connectivity index (χ1n) is 7.50. The van der Waals surface area contributed by atoms with E-state index >= 15 is 0 Å². The SMILES string of the molecule is CCOc1cc(/C=C/c2ccc3cccc(O)c3n2)cc(Cl)c1O. The molecule has 0 amide bonds. The number of nitrogens with zero attached hydrogens (tertiary/aromatic N) is 1. The molecule has 0 aliphatic carbocycles. The second kappa shape index (κ2) is 6.81. The Morgan fingerprint density at radius 1 is 1.12 bits per heavy atom. The van der Waals surface area contributed by atoms with Crippen LogP contribution in [-0.4, -0.2) is 21.8 Å². The first kappa shape index (κ1) is 16.1. The summed E-state index contributed by atoms with van der Waals surface area (Å²) in [5.74, 6) is 0.423. The zero-order chi connectivity index (χ0) is 17.1. The van der Waals surface area contributed by atoms with Gasteiger partial charge in [0.25, 0.3) is 0 Å². The van der Waals surface area contributed by atoms with Crippen LogP contribution in [0, 0.1) is 0 Å². The van der Waals surface area contributed by atoms with E-state index in [1.165, 1.54) is 0 Å². The maximum atomic E-state index is 9.89. The minimum absolute atomic E-state index is 0.0654. The van der Waals surface area contributed by atoms with Crippen LogP contribution in [0.2, 0.25) is 5.02 Å². The van der Waals surface area contributed by atoms with E-state index in [1.807, 2.05) is 37.3 Å². The fourth-order valence-corrected chi connectivity index (χ4v) is 2.60. The molecule has 1 heterocycles. The Morgan fingerprint density at radius 3 is 2.75 bits per heavy atom. The number of aromatic hydroxyl groups is 2. The summed E-state index contributed by atoms with van der Waals surface area (Å²) < 4.78 is 5.37. The van der Waals surface area contributed by atoms with E-state index in [9.17, 15) is 10.2 Å². The number of hydrogen-bond acceptors (Lipinski definition) is 4. The summed E-state index contributed by atoms with van der Waals surface area (Å²) >= 11 is 6.02. The molecule has 5 heteroatoms. The van der Waals surface area contributed by atoms with Crippen molar-refractivity contribution in [1.82, 2.24) is 4.98 Å². The topological polar surface area (TPSA) is 62.6 Å². The Labute approximate surface area is 144 Å². The molecule has 0 aliphatic heterocycles. The van der Waals surface area contributed by atoms with Gasteiger partial charge in [-0.15, -0.1) is 0 Å². The van der Waals surface area contributed by atoms with Crippen LogP contribution in [0.15, 0.2) is 42.5 Å². The van der Waals surface area contributed by atoms with Crippen LogP contribution in [0.5, 0.6) is 17.2 Å². The predicted octanol–water partition coefficient (Wildman–Crippen LogP) is 4.87. The molecular formula is C19H16ClNO3. The third kappa shape index (κ3) is 3.29. The summed E-state index contributed by atoms with van der Waals surface area (Å²) in [4.78, 5) is 4.44. The molecule has 24 heavy (non-hydrogen) atoms. The predicted molar refractivity (Wildman–Crippen MR) is 96.6 cm³/mol. The van der Waals surface area contributed by atoms with Crippen LogP contribution in [0.3, 0.4) is 0 Å². The van der Waals surface area contributed by atoms with Crippen LogP contribution in [-0.2, 0) is 0 Å². The van der Waals surface area contributed by atoms with Crippen molar-refractivity contribution < 1.29 is 14.9 Å². The van der Waals surface area contributed by atoms with Crippen molar-refractivity contribution >= 4 is 34.7 Å². The molecule has 2 aromatic carbocycles. The van der Waals surface area contributed by atoms with Crippen LogP contribution in [0.4, 0.5) is 0 Å². The number of para-hydroxylation sites is 1. The largest absolute Gasteiger partial charge is 0.506 e. The first-order valence-corrected chi connectivity index (χ1v) is 7.88. The Balaban J connectivity index is 1.95. The Hall–Kier alpha value is -2.72. The number of ether oxygens (including phenoxy) is 1. The van der Waals surface area contributed by atoms with E-state index in [0.717, 1.165) is 10.9 Å². The third-order valence-electron chi connectivity index (χ3n) is 3.52. The van der Waals surface area contributed by atoms with Gasteiger partial charge >= 0.3 is 0 Å². The number of halogens is 1. The molecule has 0 saturated carbocycles. The van der Waals surface area contributed by atoms with E-state index < -0.39 is 0 Å². The van der Waals surface area contributed by atoms with Crippen LogP contribution in [0.1, 0.15) is 18.2 Å². The number of aromatic nitrogens is 1. The van der Waals surface area contributed by atoms with Gasteiger partial charge < -0.3 is 14.9 Å². The molecule has 2 N–H and O–H groups in total. The highest BCUT2D eigenvalue weighted by molar-refractivity contribution is 6.32. The summed E-state index contributed by atoms with van der Waals surface area (Å²) in [5, 5.41) is 20.9. The van der Waals surface area contributed by atoms with Gasteiger partial charge in [0.2, 0.25) is 0 Å². The van der Waals surface area contributed by atoms with Crippen molar-refractivity contribution in [1.29, 1.82) is 0 Å². The number of fused-ring (bicyclic) bond motifs is 1. The number of benzene rings is 2. The second-order valence-electron chi connectivity index (χ2n) is 5.20. The molecule has 0 radical (unpaired) electrons. The molecule has 0 fully saturated rings. The van der Waals surface area contributed by atoms with E-state index in [2.05, 4.69) is 4.98 Å². The van der Waals surface area contributed by atoms with Crippen LogP contribution < -0.4 is 4.74 Å². The van der Waals surface area contributed by atoms with Crippen molar-refractivity contribution in [3.8, 4) is 17.2 Å². The lowest BCUT2D eigenvalue weighted by atomic mass is 10.1. The van der Waals surface area contributed by atoms with Crippen molar-refractivity contribution in [2.24, 2.45) is 0 Å². The molecule has 0 spiro atoms. The lowest BCUT2D eigenvalue weighted by Gasteiger charge is -2.08. The highest BCUT2D eigenvalue weighted by Gasteiger charge is 2.08. The highest BCUT2D eigenvalue weighted by Crippen LogP contribution is 2.35. The molecule has 0 atom stereocenters. The Kier molecular flexibility index (Phi) is 4.58. The molecule has 0 aliphatic rings. The van der Waals surface area contributed by atoms with Gasteiger partial charge in [-0.05, 0) is 42.8 Å². The van der Waals surface area contributed by atoms with E-state index in [0.29, 0.717) is 23.6 Å². The summed E-state index contributed by atoms with van der Waals surface area (Å²) in [7, 11) is 0. The maximum Gasteiger partial charge on any atom is 0.176 e. The number of hydrogen-bond donors (Lipinski definition) is 2. The number of pyridine rings is 1. The lowest BCUT2D eigenvalue weighted by Crippen LogP contribution is -1.92. The van der Waals surface area contributed by atoms with Crippen molar-refractivity contribution in [3.63, 3.8) is 0 Å². The summed E-state index contributed by atoms with van der Waals surface area (Å²) in [5.41, 5.74) is 2.03.